The zero-order chi connectivity index (χ0) is 14.5. The average molecular weight is 288 g/mol. The molecule has 0 aliphatic heterocycles. The monoisotopic (exact) mass is 288 g/mol. The van der Waals surface area contributed by atoms with E-state index in [2.05, 4.69) is 73.3 Å². The van der Waals surface area contributed by atoms with E-state index in [1.807, 2.05) is 11.8 Å². The summed E-state index contributed by atoms with van der Waals surface area (Å²) in [6, 6.07) is 12.8. The molecule has 0 saturated heterocycles. The van der Waals surface area contributed by atoms with Gasteiger partial charge in [0.2, 0.25) is 0 Å². The predicted octanol–water partition coefficient (Wildman–Crippen LogP) is 3.94. The van der Waals surface area contributed by atoms with Crippen LogP contribution in [0.4, 0.5) is 0 Å². The molecule has 0 aliphatic carbocycles. The zero-order valence-corrected chi connectivity index (χ0v) is 13.6. The summed E-state index contributed by atoms with van der Waals surface area (Å²) in [5, 5.41) is 4.21. The van der Waals surface area contributed by atoms with E-state index < -0.39 is 0 Å². The Balaban J connectivity index is 2.13. The van der Waals surface area contributed by atoms with E-state index >= 15 is 0 Å². The molecule has 0 fully saturated rings. The van der Waals surface area contributed by atoms with E-state index in [-0.39, 0.29) is 0 Å². The summed E-state index contributed by atoms with van der Waals surface area (Å²) in [5.41, 5.74) is 5.26. The van der Waals surface area contributed by atoms with Crippen molar-refractivity contribution in [3.63, 3.8) is 0 Å². The second-order valence-corrected chi connectivity index (χ2v) is 6.52. The van der Waals surface area contributed by atoms with Gasteiger partial charge in [-0.25, -0.2) is 0 Å². The summed E-state index contributed by atoms with van der Waals surface area (Å²) < 4.78 is 2.33. The third kappa shape index (κ3) is 3.47. The van der Waals surface area contributed by atoms with Crippen LogP contribution in [0.5, 0.6) is 0 Å². The molecule has 1 atom stereocenters. The number of benzene rings is 1. The maximum atomic E-state index is 3.55. The van der Waals surface area contributed by atoms with Crippen LogP contribution >= 0.6 is 11.8 Å². The molecule has 0 radical (unpaired) electrons. The quantitative estimate of drug-likeness (QED) is 0.867. The van der Waals surface area contributed by atoms with Gasteiger partial charge in [0.25, 0.3) is 0 Å². The van der Waals surface area contributed by atoms with Gasteiger partial charge in [-0.3, -0.25) is 0 Å². The van der Waals surface area contributed by atoms with Crippen molar-refractivity contribution in [2.45, 2.75) is 32.6 Å². The fraction of sp³-hybridized carbons (Fsp3) is 0.412. The molecular weight excluding hydrogens is 264 g/mol. The second kappa shape index (κ2) is 7.00. The lowest BCUT2D eigenvalue weighted by Crippen LogP contribution is -2.22. The van der Waals surface area contributed by atoms with E-state index in [9.17, 15) is 0 Å². The van der Waals surface area contributed by atoms with Gasteiger partial charge in [-0.05, 0) is 43.9 Å². The van der Waals surface area contributed by atoms with Crippen molar-refractivity contribution in [3.05, 3.63) is 53.3 Å². The molecule has 108 valence electrons. The molecule has 2 aromatic rings. The van der Waals surface area contributed by atoms with Gasteiger partial charge in [-0.15, -0.1) is 0 Å². The fourth-order valence-corrected chi connectivity index (χ4v) is 2.76. The summed E-state index contributed by atoms with van der Waals surface area (Å²) >= 11 is 1.90. The average Bonchev–Trinajstić information content (AvgIpc) is 2.74. The number of hydrogen-bond donors (Lipinski definition) is 1. The smallest absolute Gasteiger partial charge is 0.0455 e. The van der Waals surface area contributed by atoms with E-state index in [0.29, 0.717) is 5.25 Å². The first-order chi connectivity index (χ1) is 9.63. The number of nitrogens with zero attached hydrogens (tertiary/aromatic N) is 1. The van der Waals surface area contributed by atoms with Crippen molar-refractivity contribution in [1.82, 2.24) is 9.88 Å². The first-order valence-electron chi connectivity index (χ1n) is 7.10. The Kier molecular flexibility index (Phi) is 5.32. The van der Waals surface area contributed by atoms with Crippen LogP contribution in [0.3, 0.4) is 0 Å². The highest BCUT2D eigenvalue weighted by Gasteiger charge is 2.10. The van der Waals surface area contributed by atoms with Gasteiger partial charge in [0, 0.05) is 35.4 Å². The second-order valence-electron chi connectivity index (χ2n) is 5.24. The molecule has 1 heterocycles. The summed E-state index contributed by atoms with van der Waals surface area (Å²) in [4.78, 5) is 0. The molecule has 0 spiro atoms. The third-order valence-corrected chi connectivity index (χ3v) is 4.67. The summed E-state index contributed by atoms with van der Waals surface area (Å²) in [6.07, 6.45) is 2.16. The van der Waals surface area contributed by atoms with Crippen LogP contribution in [0, 0.1) is 13.8 Å². The largest absolute Gasteiger partial charge is 0.318 e. The molecule has 20 heavy (non-hydrogen) atoms. The highest BCUT2D eigenvalue weighted by Crippen LogP contribution is 2.20. The zero-order valence-electron chi connectivity index (χ0n) is 12.8. The predicted molar refractivity (Wildman–Crippen MR) is 89.9 cm³/mol. The summed E-state index contributed by atoms with van der Waals surface area (Å²) in [7, 11) is 0. The Bertz CT molecular complexity index is 546. The van der Waals surface area contributed by atoms with Crippen LogP contribution in [0.15, 0.2) is 36.4 Å². The van der Waals surface area contributed by atoms with Gasteiger partial charge in [0.1, 0.15) is 0 Å². The minimum absolute atomic E-state index is 0.660. The number of aromatic nitrogens is 1. The summed E-state index contributed by atoms with van der Waals surface area (Å²) in [5.74, 6) is 0. The number of nitrogens with one attached hydrogen (secondary N) is 1. The Morgan fingerprint density at radius 1 is 1.20 bits per heavy atom. The molecule has 1 N–H and O–H groups in total. The first kappa shape index (κ1) is 15.2. The number of hydrogen-bond acceptors (Lipinski definition) is 2. The molecule has 0 saturated carbocycles. The maximum Gasteiger partial charge on any atom is 0.0455 e. The topological polar surface area (TPSA) is 17.0 Å². The standard InChI is InChI=1S/C17H24N2S/c1-13-10-16(12-18-11-14(2)20-4)15(3)19(13)17-8-6-5-7-9-17/h5-10,14,18H,11-12H2,1-4H3. The Labute approximate surface area is 126 Å². The SMILES string of the molecule is CSC(C)CNCc1cc(C)n(-c2ccccc2)c1C. The molecule has 0 aliphatic rings. The van der Waals surface area contributed by atoms with Crippen LogP contribution in [0.2, 0.25) is 0 Å². The molecule has 2 nitrogen and oxygen atoms in total. The molecule has 3 heteroatoms. The molecule has 1 aromatic heterocycles. The van der Waals surface area contributed by atoms with Crippen molar-refractivity contribution >= 4 is 11.8 Å². The number of thioether (sulfide) groups is 1. The highest BCUT2D eigenvalue weighted by molar-refractivity contribution is 7.99. The van der Waals surface area contributed by atoms with Crippen molar-refractivity contribution in [3.8, 4) is 5.69 Å². The number of rotatable bonds is 6. The van der Waals surface area contributed by atoms with Gasteiger partial charge in [-0.2, -0.15) is 11.8 Å². The molecule has 1 aromatic carbocycles. The van der Waals surface area contributed by atoms with Crippen molar-refractivity contribution in [2.24, 2.45) is 0 Å². The molecule has 0 amide bonds. The lowest BCUT2D eigenvalue weighted by Gasteiger charge is -2.11. The van der Waals surface area contributed by atoms with Crippen LogP contribution in [-0.4, -0.2) is 22.6 Å². The van der Waals surface area contributed by atoms with Gasteiger partial charge >= 0.3 is 0 Å². The maximum absolute atomic E-state index is 3.55. The molecule has 2 rings (SSSR count). The Morgan fingerprint density at radius 2 is 1.90 bits per heavy atom. The van der Waals surface area contributed by atoms with Crippen LogP contribution < -0.4 is 5.32 Å². The lowest BCUT2D eigenvalue weighted by atomic mass is 10.2. The van der Waals surface area contributed by atoms with E-state index in [1.165, 1.54) is 22.6 Å². The van der Waals surface area contributed by atoms with E-state index in [4.69, 9.17) is 0 Å². The number of aryl methyl sites for hydroxylation is 1. The lowest BCUT2D eigenvalue weighted by molar-refractivity contribution is 0.681. The minimum atomic E-state index is 0.660. The number of para-hydroxylation sites is 1. The third-order valence-electron chi connectivity index (χ3n) is 3.70. The van der Waals surface area contributed by atoms with E-state index in [1.54, 1.807) is 0 Å². The molecule has 0 bridgehead atoms. The normalized spacial score (nSPS) is 12.6. The molecular formula is C17H24N2S. The first-order valence-corrected chi connectivity index (χ1v) is 8.39. The van der Waals surface area contributed by atoms with Gasteiger partial charge in [0.05, 0.1) is 0 Å². The van der Waals surface area contributed by atoms with Crippen LogP contribution in [0.1, 0.15) is 23.9 Å². The van der Waals surface area contributed by atoms with Crippen molar-refractivity contribution < 1.29 is 0 Å². The van der Waals surface area contributed by atoms with Gasteiger partial charge < -0.3 is 9.88 Å². The van der Waals surface area contributed by atoms with E-state index in [0.717, 1.165) is 13.1 Å². The fourth-order valence-electron chi connectivity index (χ4n) is 2.48. The highest BCUT2D eigenvalue weighted by atomic mass is 32.2. The summed E-state index contributed by atoms with van der Waals surface area (Å²) in [6.45, 7) is 8.63. The molecule has 1 unspecified atom stereocenters. The Morgan fingerprint density at radius 3 is 2.55 bits per heavy atom. The minimum Gasteiger partial charge on any atom is -0.318 e. The van der Waals surface area contributed by atoms with Gasteiger partial charge in [0.15, 0.2) is 0 Å². The Hall–Kier alpha value is -1.19. The van der Waals surface area contributed by atoms with Gasteiger partial charge in [-0.1, -0.05) is 25.1 Å². The van der Waals surface area contributed by atoms with Crippen LogP contribution in [-0.2, 0) is 6.54 Å². The van der Waals surface area contributed by atoms with Crippen molar-refractivity contribution in [1.29, 1.82) is 0 Å². The van der Waals surface area contributed by atoms with Crippen molar-refractivity contribution in [2.75, 3.05) is 12.8 Å². The van der Waals surface area contributed by atoms with Crippen LogP contribution in [0.25, 0.3) is 5.69 Å².